The van der Waals surface area contributed by atoms with Gasteiger partial charge in [0, 0.05) is 5.92 Å². The zero-order chi connectivity index (χ0) is 15.8. The largest absolute Gasteiger partial charge is 0.480 e. The first-order chi connectivity index (χ1) is 9.95. The van der Waals surface area contributed by atoms with Crippen LogP contribution < -0.4 is 10.6 Å². The van der Waals surface area contributed by atoms with E-state index in [0.717, 1.165) is 25.7 Å². The smallest absolute Gasteiger partial charge is 0.326 e. The highest BCUT2D eigenvalue weighted by Gasteiger charge is 2.26. The average molecular weight is 298 g/mol. The molecular weight excluding hydrogens is 272 g/mol. The highest BCUT2D eigenvalue weighted by atomic mass is 16.4. The first-order valence-corrected chi connectivity index (χ1v) is 7.75. The molecule has 2 atom stereocenters. The number of carboxylic acids is 1. The van der Waals surface area contributed by atoms with Crippen LogP contribution in [0.3, 0.4) is 0 Å². The summed E-state index contributed by atoms with van der Waals surface area (Å²) in [6.45, 7) is 3.49. The van der Waals surface area contributed by atoms with Gasteiger partial charge in [0.2, 0.25) is 11.8 Å². The summed E-state index contributed by atoms with van der Waals surface area (Å²) in [5.41, 5.74) is 0. The Labute approximate surface area is 125 Å². The van der Waals surface area contributed by atoms with Crippen molar-refractivity contribution in [3.05, 3.63) is 0 Å². The standard InChI is InChI=1S/C15H26N2O4/c1-3-10(2)13(15(20)21)17-12(18)9-16-14(19)11-7-5-4-6-8-11/h10-11,13H,3-9H2,1-2H3,(H,16,19)(H,17,18)(H,20,21)/t10-,13-/m0/s1. The van der Waals surface area contributed by atoms with Gasteiger partial charge in [0.25, 0.3) is 0 Å². The van der Waals surface area contributed by atoms with Gasteiger partial charge in [-0.2, -0.15) is 0 Å². The van der Waals surface area contributed by atoms with Gasteiger partial charge in [0.05, 0.1) is 6.54 Å². The molecule has 1 aliphatic rings. The number of carbonyl (C=O) groups is 3. The molecule has 21 heavy (non-hydrogen) atoms. The molecule has 0 aromatic carbocycles. The summed E-state index contributed by atoms with van der Waals surface area (Å²) in [4.78, 5) is 34.8. The molecule has 0 aliphatic heterocycles. The third-order valence-corrected chi connectivity index (χ3v) is 4.19. The quantitative estimate of drug-likeness (QED) is 0.660. The van der Waals surface area contributed by atoms with Crippen molar-refractivity contribution in [1.82, 2.24) is 10.6 Å². The SMILES string of the molecule is CC[C@H](C)[C@H](NC(=O)CNC(=O)C1CCCCC1)C(=O)O. The van der Waals surface area contributed by atoms with Crippen LogP contribution in [0, 0.1) is 11.8 Å². The Bertz CT molecular complexity index is 378. The summed E-state index contributed by atoms with van der Waals surface area (Å²) < 4.78 is 0. The highest BCUT2D eigenvalue weighted by molar-refractivity contribution is 5.88. The monoisotopic (exact) mass is 298 g/mol. The van der Waals surface area contributed by atoms with Gasteiger partial charge < -0.3 is 15.7 Å². The topological polar surface area (TPSA) is 95.5 Å². The van der Waals surface area contributed by atoms with E-state index in [1.165, 1.54) is 6.42 Å². The number of carboxylic acid groups (broad SMARTS) is 1. The fourth-order valence-electron chi connectivity index (χ4n) is 2.58. The molecule has 0 aromatic heterocycles. The molecule has 1 saturated carbocycles. The maximum absolute atomic E-state index is 11.9. The van der Waals surface area contributed by atoms with Crippen molar-refractivity contribution in [1.29, 1.82) is 0 Å². The Morgan fingerprint density at radius 1 is 1.19 bits per heavy atom. The molecule has 1 rings (SSSR count). The first-order valence-electron chi connectivity index (χ1n) is 7.75. The number of hydrogen-bond donors (Lipinski definition) is 3. The fraction of sp³-hybridized carbons (Fsp3) is 0.800. The molecule has 0 spiro atoms. The van der Waals surface area contributed by atoms with Crippen LogP contribution >= 0.6 is 0 Å². The van der Waals surface area contributed by atoms with E-state index in [-0.39, 0.29) is 24.3 Å². The number of nitrogens with one attached hydrogen (secondary N) is 2. The van der Waals surface area contributed by atoms with Crippen LogP contribution in [0.4, 0.5) is 0 Å². The summed E-state index contributed by atoms with van der Waals surface area (Å²) in [7, 11) is 0. The molecule has 1 fully saturated rings. The summed E-state index contributed by atoms with van der Waals surface area (Å²) in [5.74, 6) is -1.75. The predicted octanol–water partition coefficient (Wildman–Crippen LogP) is 1.30. The van der Waals surface area contributed by atoms with Gasteiger partial charge in [-0.15, -0.1) is 0 Å². The van der Waals surface area contributed by atoms with Gasteiger partial charge in [-0.3, -0.25) is 9.59 Å². The van der Waals surface area contributed by atoms with Crippen LogP contribution in [0.1, 0.15) is 52.4 Å². The lowest BCUT2D eigenvalue weighted by molar-refractivity contribution is -0.143. The minimum absolute atomic E-state index is 0.00335. The molecule has 0 saturated heterocycles. The Balaban J connectivity index is 2.38. The van der Waals surface area contributed by atoms with Crippen LogP contribution in [0.2, 0.25) is 0 Å². The van der Waals surface area contributed by atoms with E-state index in [1.807, 2.05) is 6.92 Å². The molecule has 0 bridgehead atoms. The first kappa shape index (κ1) is 17.5. The number of aliphatic carboxylic acids is 1. The molecular formula is C15H26N2O4. The molecule has 0 unspecified atom stereocenters. The lowest BCUT2D eigenvalue weighted by Crippen LogP contribution is -2.49. The van der Waals surface area contributed by atoms with Crippen molar-refractivity contribution in [2.45, 2.75) is 58.4 Å². The molecule has 6 nitrogen and oxygen atoms in total. The minimum atomic E-state index is -1.05. The zero-order valence-corrected chi connectivity index (χ0v) is 12.9. The zero-order valence-electron chi connectivity index (χ0n) is 12.9. The molecule has 0 heterocycles. The molecule has 2 amide bonds. The van der Waals surface area contributed by atoms with Gasteiger partial charge in [-0.05, 0) is 18.8 Å². The average Bonchev–Trinajstić information content (AvgIpc) is 2.50. The third kappa shape index (κ3) is 5.73. The number of hydrogen-bond acceptors (Lipinski definition) is 3. The van der Waals surface area contributed by atoms with Crippen molar-refractivity contribution < 1.29 is 19.5 Å². The van der Waals surface area contributed by atoms with Crippen LogP contribution in [0.15, 0.2) is 0 Å². The van der Waals surface area contributed by atoms with Crippen molar-refractivity contribution in [3.63, 3.8) is 0 Å². The van der Waals surface area contributed by atoms with Gasteiger partial charge in [-0.1, -0.05) is 39.5 Å². The van der Waals surface area contributed by atoms with Gasteiger partial charge in [0.1, 0.15) is 6.04 Å². The Morgan fingerprint density at radius 2 is 1.81 bits per heavy atom. The van der Waals surface area contributed by atoms with E-state index in [9.17, 15) is 14.4 Å². The Morgan fingerprint density at radius 3 is 2.33 bits per heavy atom. The molecule has 120 valence electrons. The van der Waals surface area contributed by atoms with Crippen LogP contribution in [0.5, 0.6) is 0 Å². The van der Waals surface area contributed by atoms with Crippen LogP contribution in [0.25, 0.3) is 0 Å². The van der Waals surface area contributed by atoms with Gasteiger partial charge in [0.15, 0.2) is 0 Å². The second-order valence-corrected chi connectivity index (χ2v) is 5.82. The van der Waals surface area contributed by atoms with E-state index < -0.39 is 17.9 Å². The second-order valence-electron chi connectivity index (χ2n) is 5.82. The second kappa shape index (κ2) is 8.64. The molecule has 6 heteroatoms. The molecule has 3 N–H and O–H groups in total. The fourth-order valence-corrected chi connectivity index (χ4v) is 2.58. The van der Waals surface area contributed by atoms with E-state index in [2.05, 4.69) is 10.6 Å². The van der Waals surface area contributed by atoms with Gasteiger partial charge >= 0.3 is 5.97 Å². The molecule has 0 radical (unpaired) electrons. The maximum atomic E-state index is 11.9. The van der Waals surface area contributed by atoms with Crippen molar-refractivity contribution >= 4 is 17.8 Å². The lowest BCUT2D eigenvalue weighted by atomic mass is 9.89. The number of carbonyl (C=O) groups excluding carboxylic acids is 2. The lowest BCUT2D eigenvalue weighted by Gasteiger charge is -2.22. The third-order valence-electron chi connectivity index (χ3n) is 4.19. The van der Waals surface area contributed by atoms with E-state index in [0.29, 0.717) is 6.42 Å². The predicted molar refractivity (Wildman–Crippen MR) is 78.6 cm³/mol. The Hall–Kier alpha value is -1.59. The van der Waals surface area contributed by atoms with Gasteiger partial charge in [-0.25, -0.2) is 4.79 Å². The minimum Gasteiger partial charge on any atom is -0.480 e. The van der Waals surface area contributed by atoms with E-state index in [4.69, 9.17) is 5.11 Å². The van der Waals surface area contributed by atoms with Crippen LogP contribution in [-0.2, 0) is 14.4 Å². The number of amides is 2. The summed E-state index contributed by atoms with van der Waals surface area (Å²) in [6, 6.07) is -0.908. The van der Waals surface area contributed by atoms with Crippen molar-refractivity contribution in [2.24, 2.45) is 11.8 Å². The normalized spacial score (nSPS) is 18.6. The highest BCUT2D eigenvalue weighted by Crippen LogP contribution is 2.23. The van der Waals surface area contributed by atoms with Crippen LogP contribution in [-0.4, -0.2) is 35.5 Å². The van der Waals surface area contributed by atoms with Crippen molar-refractivity contribution in [2.75, 3.05) is 6.54 Å². The summed E-state index contributed by atoms with van der Waals surface area (Å²) >= 11 is 0. The summed E-state index contributed by atoms with van der Waals surface area (Å²) in [6.07, 6.45) is 5.68. The molecule has 0 aromatic rings. The van der Waals surface area contributed by atoms with E-state index >= 15 is 0 Å². The maximum Gasteiger partial charge on any atom is 0.326 e. The Kier molecular flexibility index (Phi) is 7.19. The summed E-state index contributed by atoms with van der Waals surface area (Å²) in [5, 5.41) is 14.2. The van der Waals surface area contributed by atoms with E-state index in [1.54, 1.807) is 6.92 Å². The molecule has 1 aliphatic carbocycles. The number of rotatable bonds is 7. The van der Waals surface area contributed by atoms with Crippen molar-refractivity contribution in [3.8, 4) is 0 Å².